The van der Waals surface area contributed by atoms with Crippen molar-refractivity contribution in [3.8, 4) is 0 Å². The highest BCUT2D eigenvalue weighted by Gasteiger charge is 2.09. The van der Waals surface area contributed by atoms with Crippen LogP contribution in [0.2, 0.25) is 0 Å². The van der Waals surface area contributed by atoms with Crippen molar-refractivity contribution in [2.24, 2.45) is 16.5 Å². The van der Waals surface area contributed by atoms with E-state index in [1.807, 2.05) is 0 Å². The molecule has 1 amide bonds. The fourth-order valence-electron chi connectivity index (χ4n) is 0.670. The van der Waals surface area contributed by atoms with Crippen LogP contribution < -0.4 is 11.5 Å². The maximum absolute atomic E-state index is 10.7. The van der Waals surface area contributed by atoms with Crippen molar-refractivity contribution in [3.63, 3.8) is 0 Å². The monoisotopic (exact) mass is 182 g/mol. The Balaban J connectivity index is 5.10. The Bertz CT molecular complexity index is 267. The zero-order valence-corrected chi connectivity index (χ0v) is 7.82. The number of hydrogen-bond donors (Lipinski definition) is 2. The molecule has 0 saturated heterocycles. The topological polar surface area (TPSA) is 84.7 Å². The van der Waals surface area contributed by atoms with E-state index in [0.717, 1.165) is 0 Å². The van der Waals surface area contributed by atoms with Crippen LogP contribution >= 0.6 is 0 Å². The summed E-state index contributed by atoms with van der Waals surface area (Å²) in [6.07, 6.45) is 3.00. The lowest BCUT2D eigenvalue weighted by Gasteiger charge is -2.14. The molecule has 0 saturated carbocycles. The lowest BCUT2D eigenvalue weighted by Crippen LogP contribution is -2.26. The average Bonchev–Trinajstić information content (AvgIpc) is 2.11. The molecule has 0 aliphatic carbocycles. The van der Waals surface area contributed by atoms with Gasteiger partial charge in [0.1, 0.15) is 5.70 Å². The smallest absolute Gasteiger partial charge is 0.268 e. The summed E-state index contributed by atoms with van der Waals surface area (Å²) in [5.74, 6) is -0.403. The average molecular weight is 182 g/mol. The molecule has 0 aliphatic rings. The van der Waals surface area contributed by atoms with Crippen LogP contribution in [-0.2, 0) is 4.79 Å². The van der Waals surface area contributed by atoms with Crippen LogP contribution in [-0.4, -0.2) is 24.1 Å². The van der Waals surface area contributed by atoms with Crippen LogP contribution in [0.3, 0.4) is 0 Å². The molecule has 5 nitrogen and oxygen atoms in total. The first-order chi connectivity index (χ1) is 6.04. The summed E-state index contributed by atoms with van der Waals surface area (Å²) in [6.45, 7) is 5.23. The molecule has 0 aromatic heterocycles. The highest BCUT2D eigenvalue weighted by molar-refractivity contribution is 5.91. The van der Waals surface area contributed by atoms with E-state index in [1.54, 1.807) is 14.0 Å². The van der Waals surface area contributed by atoms with E-state index in [1.165, 1.54) is 17.3 Å². The summed E-state index contributed by atoms with van der Waals surface area (Å²) in [6, 6.07) is 0. The van der Waals surface area contributed by atoms with Crippen molar-refractivity contribution in [3.05, 3.63) is 24.3 Å². The molecule has 4 N–H and O–H groups in total. The first-order valence-electron chi connectivity index (χ1n) is 3.68. The predicted octanol–water partition coefficient (Wildman–Crippen LogP) is -0.234. The largest absolute Gasteiger partial charge is 0.391 e. The van der Waals surface area contributed by atoms with Gasteiger partial charge in [0.25, 0.3) is 5.91 Å². The Labute approximate surface area is 77.4 Å². The first-order valence-corrected chi connectivity index (χ1v) is 3.68. The molecule has 0 heterocycles. The molecule has 0 spiro atoms. The van der Waals surface area contributed by atoms with E-state index in [9.17, 15) is 4.79 Å². The molecule has 72 valence electrons. The molecule has 5 heteroatoms. The molecule has 0 radical (unpaired) electrons. The fraction of sp³-hybridized carbons (Fsp3) is 0.250. The Morgan fingerprint density at radius 1 is 1.54 bits per heavy atom. The highest BCUT2D eigenvalue weighted by atomic mass is 16.1. The molecular formula is C8H14N4O. The van der Waals surface area contributed by atoms with Crippen LogP contribution in [0.1, 0.15) is 6.92 Å². The Hall–Kier alpha value is -1.78. The SMILES string of the molecule is C=CN(C)/C(N=CC)=C(\N)C(N)=O. The molecule has 0 fully saturated rings. The molecule has 0 aliphatic heterocycles. The summed E-state index contributed by atoms with van der Waals surface area (Å²) in [4.78, 5) is 16.2. The van der Waals surface area contributed by atoms with Crippen molar-refractivity contribution in [2.45, 2.75) is 6.92 Å². The molecular weight excluding hydrogens is 168 g/mol. The van der Waals surface area contributed by atoms with E-state index in [4.69, 9.17) is 11.5 Å². The van der Waals surface area contributed by atoms with Gasteiger partial charge in [0, 0.05) is 13.3 Å². The van der Waals surface area contributed by atoms with Gasteiger partial charge in [-0.3, -0.25) is 4.79 Å². The number of primary amides is 1. The number of nitrogens with zero attached hydrogens (tertiary/aromatic N) is 2. The third kappa shape index (κ3) is 2.98. The van der Waals surface area contributed by atoms with Crippen LogP contribution in [0.25, 0.3) is 0 Å². The maximum atomic E-state index is 10.7. The Morgan fingerprint density at radius 2 is 2.08 bits per heavy atom. The quantitative estimate of drug-likeness (QED) is 0.465. The van der Waals surface area contributed by atoms with Crippen molar-refractivity contribution < 1.29 is 4.79 Å². The predicted molar refractivity (Wildman–Crippen MR) is 52.5 cm³/mol. The Kier molecular flexibility index (Phi) is 4.29. The second kappa shape index (κ2) is 4.97. The van der Waals surface area contributed by atoms with Crippen molar-refractivity contribution in [1.82, 2.24) is 4.90 Å². The van der Waals surface area contributed by atoms with Gasteiger partial charge in [-0.15, -0.1) is 0 Å². The summed E-state index contributed by atoms with van der Waals surface area (Å²) in [5.41, 5.74) is 10.3. The minimum atomic E-state index is -0.700. The standard InChI is InChI=1S/C8H14N4O/c1-4-11-8(12(3)5-2)6(9)7(10)13/h4-5H,2,9H2,1,3H3,(H2,10,13)/b8-6-,11-4?. The molecule has 13 heavy (non-hydrogen) atoms. The number of aliphatic imine (C=N–C) groups is 1. The van der Waals surface area contributed by atoms with Gasteiger partial charge < -0.3 is 16.4 Å². The normalized spacial score (nSPS) is 12.5. The van der Waals surface area contributed by atoms with Crippen LogP contribution in [0.15, 0.2) is 29.3 Å². The Morgan fingerprint density at radius 3 is 2.38 bits per heavy atom. The number of amides is 1. The molecule has 0 unspecified atom stereocenters. The summed E-state index contributed by atoms with van der Waals surface area (Å²) < 4.78 is 0. The third-order valence-corrected chi connectivity index (χ3v) is 1.37. The summed E-state index contributed by atoms with van der Waals surface area (Å²) >= 11 is 0. The highest BCUT2D eigenvalue weighted by Crippen LogP contribution is 2.05. The lowest BCUT2D eigenvalue weighted by atomic mass is 10.4. The second-order valence-electron chi connectivity index (χ2n) is 2.28. The maximum Gasteiger partial charge on any atom is 0.268 e. The summed E-state index contributed by atoms with van der Waals surface area (Å²) in [7, 11) is 1.67. The molecule has 0 rings (SSSR count). The van der Waals surface area contributed by atoms with Crippen molar-refractivity contribution in [2.75, 3.05) is 7.05 Å². The summed E-state index contributed by atoms with van der Waals surface area (Å²) in [5, 5.41) is 0. The molecule has 0 atom stereocenters. The van der Waals surface area contributed by atoms with Crippen molar-refractivity contribution >= 4 is 12.1 Å². The lowest BCUT2D eigenvalue weighted by molar-refractivity contribution is -0.114. The van der Waals surface area contributed by atoms with Gasteiger partial charge in [-0.1, -0.05) is 6.58 Å². The van der Waals surface area contributed by atoms with E-state index in [0.29, 0.717) is 5.82 Å². The molecule has 0 bridgehead atoms. The van der Waals surface area contributed by atoms with E-state index < -0.39 is 5.91 Å². The number of hydrogen-bond acceptors (Lipinski definition) is 4. The van der Waals surface area contributed by atoms with Gasteiger partial charge in [-0.2, -0.15) is 0 Å². The number of carbonyl (C=O) groups is 1. The van der Waals surface area contributed by atoms with Crippen LogP contribution in [0, 0.1) is 0 Å². The van der Waals surface area contributed by atoms with Crippen LogP contribution in [0.4, 0.5) is 0 Å². The first kappa shape index (κ1) is 11.2. The minimum absolute atomic E-state index is 0.0829. The number of nitrogens with two attached hydrogens (primary N) is 2. The van der Waals surface area contributed by atoms with Gasteiger partial charge in [0.05, 0.1) is 0 Å². The van der Waals surface area contributed by atoms with Gasteiger partial charge >= 0.3 is 0 Å². The van der Waals surface area contributed by atoms with Gasteiger partial charge in [-0.05, 0) is 13.1 Å². The van der Waals surface area contributed by atoms with Crippen molar-refractivity contribution in [1.29, 1.82) is 0 Å². The van der Waals surface area contributed by atoms with Gasteiger partial charge in [-0.25, -0.2) is 4.99 Å². The zero-order valence-electron chi connectivity index (χ0n) is 7.82. The van der Waals surface area contributed by atoms with Gasteiger partial charge in [0.15, 0.2) is 5.82 Å². The molecule has 0 aromatic carbocycles. The zero-order chi connectivity index (χ0) is 10.4. The number of rotatable bonds is 4. The minimum Gasteiger partial charge on any atom is -0.391 e. The number of carbonyl (C=O) groups excluding carboxylic acids is 1. The fourth-order valence-corrected chi connectivity index (χ4v) is 0.670. The molecule has 0 aromatic rings. The van der Waals surface area contributed by atoms with Gasteiger partial charge in [0.2, 0.25) is 0 Å². The van der Waals surface area contributed by atoms with Crippen LogP contribution in [0.5, 0.6) is 0 Å². The second-order valence-corrected chi connectivity index (χ2v) is 2.28. The van der Waals surface area contributed by atoms with E-state index in [-0.39, 0.29) is 5.70 Å². The van der Waals surface area contributed by atoms with E-state index in [2.05, 4.69) is 11.6 Å². The third-order valence-electron chi connectivity index (χ3n) is 1.37. The van der Waals surface area contributed by atoms with E-state index >= 15 is 0 Å².